The first-order valence-corrected chi connectivity index (χ1v) is 10.2. The average Bonchev–Trinajstić information content (AvgIpc) is 3.49. The highest BCUT2D eigenvalue weighted by Gasteiger charge is 2.30. The average molecular weight is 414 g/mol. The van der Waals surface area contributed by atoms with Crippen molar-refractivity contribution in [3.63, 3.8) is 0 Å². The molecule has 0 bridgehead atoms. The molecule has 31 heavy (non-hydrogen) atoms. The second kappa shape index (κ2) is 8.10. The van der Waals surface area contributed by atoms with Gasteiger partial charge in [-0.15, -0.1) is 0 Å². The molecule has 5 rings (SSSR count). The molecular weight excluding hydrogens is 392 g/mol. The lowest BCUT2D eigenvalue weighted by Gasteiger charge is -2.17. The van der Waals surface area contributed by atoms with Gasteiger partial charge >= 0.3 is 0 Å². The number of rotatable bonds is 5. The van der Waals surface area contributed by atoms with Crippen LogP contribution in [0.15, 0.2) is 66.9 Å². The number of pyridine rings is 1. The van der Waals surface area contributed by atoms with Crippen LogP contribution in [0.5, 0.6) is 11.5 Å². The van der Waals surface area contributed by atoms with Gasteiger partial charge in [0.05, 0.1) is 19.3 Å². The Labute approximate surface area is 179 Å². The molecular formula is C24H22N4O3. The molecule has 1 fully saturated rings. The van der Waals surface area contributed by atoms with Crippen molar-refractivity contribution < 1.29 is 14.3 Å². The maximum Gasteiger partial charge on any atom is 0.272 e. The summed E-state index contributed by atoms with van der Waals surface area (Å²) in [6.07, 6.45) is 2.45. The number of carbonyl (C=O) groups excluding carboxylic acids is 1. The SMILES string of the molecule is COc1ccccc1-c1cc(C(=O)N2CC[C@H](Oc3cccc4cccnc34)C2)[nH]n1. The third-order valence-corrected chi connectivity index (χ3v) is 5.51. The Balaban J connectivity index is 1.29. The number of likely N-dealkylation sites (tertiary alicyclic amines) is 1. The van der Waals surface area contributed by atoms with Crippen LogP contribution in [0.4, 0.5) is 0 Å². The summed E-state index contributed by atoms with van der Waals surface area (Å²) in [6.45, 7) is 1.15. The van der Waals surface area contributed by atoms with E-state index in [1.54, 1.807) is 24.3 Å². The van der Waals surface area contributed by atoms with Gasteiger partial charge in [0, 0.05) is 30.1 Å². The van der Waals surface area contributed by atoms with E-state index in [9.17, 15) is 4.79 Å². The third kappa shape index (κ3) is 3.70. The molecule has 7 nitrogen and oxygen atoms in total. The Bertz CT molecular complexity index is 1230. The lowest BCUT2D eigenvalue weighted by atomic mass is 10.1. The van der Waals surface area contributed by atoms with E-state index in [2.05, 4.69) is 15.2 Å². The summed E-state index contributed by atoms with van der Waals surface area (Å²) < 4.78 is 11.6. The highest BCUT2D eigenvalue weighted by molar-refractivity contribution is 5.93. The molecule has 2 aromatic heterocycles. The van der Waals surface area contributed by atoms with Gasteiger partial charge in [0.25, 0.3) is 5.91 Å². The molecule has 0 saturated carbocycles. The number of amides is 1. The van der Waals surface area contributed by atoms with Gasteiger partial charge in [-0.05, 0) is 30.3 Å². The van der Waals surface area contributed by atoms with Crippen LogP contribution in [-0.2, 0) is 0 Å². The number of nitrogens with zero attached hydrogens (tertiary/aromatic N) is 3. The maximum absolute atomic E-state index is 13.0. The largest absolute Gasteiger partial charge is 0.496 e. The summed E-state index contributed by atoms with van der Waals surface area (Å²) in [7, 11) is 1.62. The number of para-hydroxylation sites is 2. The number of H-pyrrole nitrogens is 1. The highest BCUT2D eigenvalue weighted by atomic mass is 16.5. The molecule has 3 heterocycles. The summed E-state index contributed by atoms with van der Waals surface area (Å²) in [4.78, 5) is 19.2. The van der Waals surface area contributed by atoms with Crippen LogP contribution in [0.1, 0.15) is 16.9 Å². The van der Waals surface area contributed by atoms with Gasteiger partial charge in [0.1, 0.15) is 28.8 Å². The van der Waals surface area contributed by atoms with Crippen LogP contribution in [0.25, 0.3) is 22.2 Å². The first kappa shape index (κ1) is 19.1. The van der Waals surface area contributed by atoms with E-state index in [1.165, 1.54) is 0 Å². The highest BCUT2D eigenvalue weighted by Crippen LogP contribution is 2.29. The molecule has 0 unspecified atom stereocenters. The number of methoxy groups -OCH3 is 1. The smallest absolute Gasteiger partial charge is 0.272 e. The quantitative estimate of drug-likeness (QED) is 0.535. The summed E-state index contributed by atoms with van der Waals surface area (Å²) in [5.41, 5.74) is 2.80. The van der Waals surface area contributed by atoms with Gasteiger partial charge in [-0.3, -0.25) is 14.9 Å². The Hall–Kier alpha value is -3.87. The number of ether oxygens (including phenoxy) is 2. The zero-order valence-corrected chi connectivity index (χ0v) is 17.1. The Kier molecular flexibility index (Phi) is 5.00. The van der Waals surface area contributed by atoms with Crippen molar-refractivity contribution in [2.24, 2.45) is 0 Å². The predicted octanol–water partition coefficient (Wildman–Crippen LogP) is 3.93. The number of hydrogen-bond acceptors (Lipinski definition) is 5. The van der Waals surface area contributed by atoms with E-state index in [1.807, 2.05) is 54.6 Å². The number of aromatic amines is 1. The van der Waals surface area contributed by atoms with E-state index < -0.39 is 0 Å². The normalized spacial score (nSPS) is 15.9. The zero-order valence-electron chi connectivity index (χ0n) is 17.1. The van der Waals surface area contributed by atoms with E-state index in [0.717, 1.165) is 28.6 Å². The molecule has 1 saturated heterocycles. The van der Waals surface area contributed by atoms with Crippen LogP contribution in [0, 0.1) is 0 Å². The monoisotopic (exact) mass is 414 g/mol. The molecule has 1 N–H and O–H groups in total. The zero-order chi connectivity index (χ0) is 21.2. The summed E-state index contributed by atoms with van der Waals surface area (Å²) in [5, 5.41) is 8.22. The maximum atomic E-state index is 13.0. The first-order chi connectivity index (χ1) is 15.2. The minimum Gasteiger partial charge on any atom is -0.496 e. The van der Waals surface area contributed by atoms with Crippen LogP contribution >= 0.6 is 0 Å². The Morgan fingerprint density at radius 2 is 1.94 bits per heavy atom. The van der Waals surface area contributed by atoms with Gasteiger partial charge in [0.15, 0.2) is 0 Å². The summed E-state index contributed by atoms with van der Waals surface area (Å²) >= 11 is 0. The van der Waals surface area contributed by atoms with Crippen molar-refractivity contribution >= 4 is 16.8 Å². The van der Waals surface area contributed by atoms with E-state index in [-0.39, 0.29) is 12.0 Å². The number of benzene rings is 2. The molecule has 0 radical (unpaired) electrons. The third-order valence-electron chi connectivity index (χ3n) is 5.51. The van der Waals surface area contributed by atoms with Crippen molar-refractivity contribution in [3.05, 3.63) is 72.6 Å². The predicted molar refractivity (Wildman–Crippen MR) is 117 cm³/mol. The number of hydrogen-bond donors (Lipinski definition) is 1. The summed E-state index contributed by atoms with van der Waals surface area (Å²) in [5.74, 6) is 1.37. The van der Waals surface area contributed by atoms with Gasteiger partial charge in [0.2, 0.25) is 0 Å². The summed E-state index contributed by atoms with van der Waals surface area (Å²) in [6, 6.07) is 19.2. The number of aromatic nitrogens is 3. The molecule has 4 aromatic rings. The van der Waals surface area contributed by atoms with Crippen molar-refractivity contribution in [1.82, 2.24) is 20.1 Å². The molecule has 0 aliphatic carbocycles. The van der Waals surface area contributed by atoms with E-state index in [4.69, 9.17) is 9.47 Å². The number of carbonyl (C=O) groups is 1. The van der Waals surface area contributed by atoms with E-state index >= 15 is 0 Å². The van der Waals surface area contributed by atoms with Crippen LogP contribution in [0.2, 0.25) is 0 Å². The number of nitrogens with one attached hydrogen (secondary N) is 1. The van der Waals surface area contributed by atoms with Gasteiger partial charge in [-0.25, -0.2) is 0 Å². The van der Waals surface area contributed by atoms with Gasteiger partial charge < -0.3 is 14.4 Å². The molecule has 1 atom stereocenters. The second-order valence-electron chi connectivity index (χ2n) is 7.48. The van der Waals surface area contributed by atoms with Crippen LogP contribution < -0.4 is 9.47 Å². The van der Waals surface area contributed by atoms with Crippen LogP contribution in [-0.4, -0.2) is 52.3 Å². The topological polar surface area (TPSA) is 80.3 Å². The van der Waals surface area contributed by atoms with Crippen molar-refractivity contribution in [1.29, 1.82) is 0 Å². The molecule has 1 amide bonds. The fraction of sp³-hybridized carbons (Fsp3) is 0.208. The molecule has 0 spiro atoms. The Morgan fingerprint density at radius 3 is 2.84 bits per heavy atom. The Morgan fingerprint density at radius 1 is 1.10 bits per heavy atom. The lowest BCUT2D eigenvalue weighted by molar-refractivity contribution is 0.0767. The van der Waals surface area contributed by atoms with Crippen molar-refractivity contribution in [2.45, 2.75) is 12.5 Å². The molecule has 2 aromatic carbocycles. The number of fused-ring (bicyclic) bond motifs is 1. The standard InChI is InChI=1S/C24H22N4O3/c1-30-21-9-3-2-8-18(21)19-14-20(27-26-19)24(29)28-13-11-17(15-28)31-22-10-4-6-16-7-5-12-25-23(16)22/h2-10,12,14,17H,11,13,15H2,1H3,(H,26,27)/t17-/m0/s1. The molecule has 7 heteroatoms. The van der Waals surface area contributed by atoms with Gasteiger partial charge in [-0.2, -0.15) is 5.10 Å². The fourth-order valence-electron chi connectivity index (χ4n) is 3.96. The minimum absolute atomic E-state index is 0.0758. The van der Waals surface area contributed by atoms with Crippen LogP contribution in [0.3, 0.4) is 0 Å². The second-order valence-corrected chi connectivity index (χ2v) is 7.48. The van der Waals surface area contributed by atoms with E-state index in [0.29, 0.717) is 30.2 Å². The molecule has 1 aliphatic heterocycles. The fourth-order valence-corrected chi connectivity index (χ4v) is 3.96. The molecule has 1 aliphatic rings. The molecule has 156 valence electrons. The minimum atomic E-state index is -0.0872. The van der Waals surface area contributed by atoms with Crippen molar-refractivity contribution in [3.8, 4) is 22.8 Å². The lowest BCUT2D eigenvalue weighted by Crippen LogP contribution is -2.31. The van der Waals surface area contributed by atoms with Crippen molar-refractivity contribution in [2.75, 3.05) is 20.2 Å². The first-order valence-electron chi connectivity index (χ1n) is 10.2. The van der Waals surface area contributed by atoms with Gasteiger partial charge in [-0.1, -0.05) is 30.3 Å².